The van der Waals surface area contributed by atoms with Gasteiger partial charge in [-0.05, 0) is 38.2 Å². The molecule has 1 saturated carbocycles. The lowest BCUT2D eigenvalue weighted by Crippen LogP contribution is -2.56. The molecule has 2 saturated heterocycles. The van der Waals surface area contributed by atoms with Gasteiger partial charge in [0, 0.05) is 53.9 Å². The summed E-state index contributed by atoms with van der Waals surface area (Å²) < 4.78 is 25.6. The Morgan fingerprint density at radius 2 is 0.833 bits per heavy atom. The van der Waals surface area contributed by atoms with Crippen molar-refractivity contribution in [1.82, 2.24) is 18.3 Å². The van der Waals surface area contributed by atoms with Gasteiger partial charge in [-0.3, -0.25) is 27.9 Å². The first-order valence-electron chi connectivity index (χ1n) is 16.3. The SMILES string of the molecule is CC(/C=C/c1c(O)n(C)c(=O)n(C)c1=O)=C\C=C1C(=O)OC2(CCC3(CC2)OC(=O)C(=C/C=C(C)/C=C/c2c(O)n(C)c(=O)n(C)c2=O)C(=O)O3)OC1=O. The molecule has 2 aliphatic heterocycles. The maximum atomic E-state index is 12.9. The summed E-state index contributed by atoms with van der Waals surface area (Å²) in [6.45, 7) is 3.18. The van der Waals surface area contributed by atoms with Crippen LogP contribution in [0.25, 0.3) is 12.2 Å². The van der Waals surface area contributed by atoms with E-state index in [9.17, 15) is 48.6 Å². The molecule has 284 valence electrons. The predicted octanol–water partition coefficient (Wildman–Crippen LogP) is 0.531. The van der Waals surface area contributed by atoms with Crippen LogP contribution in [0.15, 0.2) is 77.9 Å². The summed E-state index contributed by atoms with van der Waals surface area (Å²) in [4.78, 5) is 100. The predicted molar refractivity (Wildman–Crippen MR) is 187 cm³/mol. The monoisotopic (exact) mass is 748 g/mol. The Morgan fingerprint density at radius 3 is 1.13 bits per heavy atom. The van der Waals surface area contributed by atoms with Gasteiger partial charge in [0.05, 0.1) is 0 Å². The number of allylic oxidation sites excluding steroid dienone is 8. The number of carbonyl (C=O) groups is 4. The minimum Gasteiger partial charge on any atom is -0.494 e. The number of aromatic hydroxyl groups is 2. The van der Waals surface area contributed by atoms with Gasteiger partial charge in [0.15, 0.2) is 0 Å². The summed E-state index contributed by atoms with van der Waals surface area (Å²) in [5.41, 5.74) is -3.12. The summed E-state index contributed by atoms with van der Waals surface area (Å²) >= 11 is 0. The third-order valence-corrected chi connectivity index (χ3v) is 9.15. The van der Waals surface area contributed by atoms with Gasteiger partial charge in [0.25, 0.3) is 22.7 Å². The second-order valence-corrected chi connectivity index (χ2v) is 12.9. The van der Waals surface area contributed by atoms with Crippen molar-refractivity contribution < 1.29 is 48.3 Å². The smallest absolute Gasteiger partial charge is 0.348 e. The molecular weight excluding hydrogens is 712 g/mol. The van der Waals surface area contributed by atoms with E-state index in [0.29, 0.717) is 11.1 Å². The first-order chi connectivity index (χ1) is 25.3. The van der Waals surface area contributed by atoms with Crippen molar-refractivity contribution in [2.45, 2.75) is 51.1 Å². The molecule has 0 unspecified atom stereocenters. The maximum Gasteiger partial charge on any atom is 0.348 e. The average molecular weight is 749 g/mol. The third-order valence-electron chi connectivity index (χ3n) is 9.15. The number of rotatable bonds is 6. The van der Waals surface area contributed by atoms with Crippen LogP contribution in [0.2, 0.25) is 0 Å². The van der Waals surface area contributed by atoms with Crippen molar-refractivity contribution >= 4 is 36.0 Å². The summed E-state index contributed by atoms with van der Waals surface area (Å²) in [6, 6.07) is 0. The average Bonchev–Trinajstić information content (AvgIpc) is 3.12. The van der Waals surface area contributed by atoms with Crippen LogP contribution in [-0.4, -0.2) is 63.9 Å². The highest BCUT2D eigenvalue weighted by atomic mass is 16.8. The minimum absolute atomic E-state index is 0.150. The Kier molecular flexibility index (Phi) is 10.2. The molecule has 0 bridgehead atoms. The number of esters is 4. The van der Waals surface area contributed by atoms with Gasteiger partial charge >= 0.3 is 35.3 Å². The molecule has 2 N–H and O–H groups in total. The highest BCUT2D eigenvalue weighted by Gasteiger charge is 2.56. The Hall–Kier alpha value is -6.72. The fraction of sp³-hybridized carbons (Fsp3) is 0.333. The minimum atomic E-state index is -1.70. The van der Waals surface area contributed by atoms with E-state index >= 15 is 0 Å². The molecule has 5 rings (SSSR count). The molecule has 2 spiro atoms. The van der Waals surface area contributed by atoms with E-state index < -0.39 is 80.9 Å². The molecule has 54 heavy (non-hydrogen) atoms. The fourth-order valence-corrected chi connectivity index (χ4v) is 5.78. The van der Waals surface area contributed by atoms with E-state index in [1.807, 2.05) is 0 Å². The van der Waals surface area contributed by atoms with Gasteiger partial charge in [-0.2, -0.15) is 0 Å². The van der Waals surface area contributed by atoms with Crippen molar-refractivity contribution in [3.8, 4) is 11.8 Å². The molecule has 0 amide bonds. The second kappa shape index (κ2) is 14.4. The molecular formula is C36H36N4O14. The van der Waals surface area contributed by atoms with E-state index in [-0.39, 0.29) is 36.8 Å². The van der Waals surface area contributed by atoms with Crippen LogP contribution in [0.5, 0.6) is 11.8 Å². The van der Waals surface area contributed by atoms with Gasteiger partial charge in [-0.25, -0.2) is 28.8 Å². The van der Waals surface area contributed by atoms with Crippen LogP contribution in [0.4, 0.5) is 0 Å². The summed E-state index contributed by atoms with van der Waals surface area (Å²) in [5.74, 6) is -8.39. The molecule has 4 heterocycles. The van der Waals surface area contributed by atoms with Gasteiger partial charge in [-0.15, -0.1) is 0 Å². The van der Waals surface area contributed by atoms with Gasteiger partial charge < -0.3 is 29.2 Å². The zero-order valence-electron chi connectivity index (χ0n) is 30.0. The first-order valence-corrected chi connectivity index (χ1v) is 16.3. The standard InChI is InChI=1S/C36H36N4O14/c1-19(7-11-21-25(41)37(3)33(49)38(4)26(21)42)9-13-23-29(45)51-35(52-30(23)46)15-17-36(18-16-35)53-31(47)24(32(48)54-36)14-10-20(2)8-12-22-27(43)39(5)34(50)40(6)28(22)44/h7-14,41,43H,15-18H2,1-6H3/b11-7+,12-8+,19-9+,20-10+,23-13?,24-14?. The molecule has 0 atom stereocenters. The normalized spacial score (nSPS) is 22.2. The van der Waals surface area contributed by atoms with Gasteiger partial charge in [0.1, 0.15) is 22.3 Å². The number of hydrogen-bond acceptors (Lipinski definition) is 14. The molecule has 2 aromatic heterocycles. The van der Waals surface area contributed by atoms with Crippen molar-refractivity contribution in [2.75, 3.05) is 0 Å². The van der Waals surface area contributed by atoms with Gasteiger partial charge in [0.2, 0.25) is 11.8 Å². The van der Waals surface area contributed by atoms with Crippen LogP contribution in [0.1, 0.15) is 50.7 Å². The van der Waals surface area contributed by atoms with E-state index in [1.165, 1.54) is 76.8 Å². The molecule has 3 aliphatic rings. The molecule has 18 nitrogen and oxygen atoms in total. The van der Waals surface area contributed by atoms with Crippen LogP contribution in [0.3, 0.4) is 0 Å². The first kappa shape index (κ1) is 38.5. The number of nitrogens with zero attached hydrogens (tertiary/aromatic N) is 4. The van der Waals surface area contributed by atoms with Crippen molar-refractivity contribution in [1.29, 1.82) is 0 Å². The number of carbonyl (C=O) groups excluding carboxylic acids is 4. The zero-order valence-corrected chi connectivity index (χ0v) is 30.0. The van der Waals surface area contributed by atoms with Crippen molar-refractivity contribution in [2.24, 2.45) is 28.2 Å². The van der Waals surface area contributed by atoms with Crippen LogP contribution in [-0.2, 0) is 66.3 Å². The molecule has 3 fully saturated rings. The van der Waals surface area contributed by atoms with E-state index in [4.69, 9.17) is 18.9 Å². The van der Waals surface area contributed by atoms with Crippen LogP contribution < -0.4 is 22.5 Å². The number of hydrogen-bond donors (Lipinski definition) is 2. The highest BCUT2D eigenvalue weighted by molar-refractivity contribution is 6.16. The van der Waals surface area contributed by atoms with E-state index in [1.54, 1.807) is 13.8 Å². The summed E-state index contributed by atoms with van der Waals surface area (Å²) in [6.07, 6.45) is 9.88. The molecule has 2 aromatic rings. The number of ether oxygens (including phenoxy) is 4. The lowest BCUT2D eigenvalue weighted by Gasteiger charge is -2.46. The largest absolute Gasteiger partial charge is 0.494 e. The zero-order chi connectivity index (χ0) is 39.9. The summed E-state index contributed by atoms with van der Waals surface area (Å²) in [7, 11) is 5.12. The highest BCUT2D eigenvalue weighted by Crippen LogP contribution is 2.45. The van der Waals surface area contributed by atoms with Crippen molar-refractivity contribution in [3.63, 3.8) is 0 Å². The van der Waals surface area contributed by atoms with E-state index in [0.717, 1.165) is 18.3 Å². The van der Waals surface area contributed by atoms with Crippen LogP contribution in [0, 0.1) is 0 Å². The molecule has 18 heteroatoms. The Balaban J connectivity index is 1.22. The molecule has 0 aromatic carbocycles. The second-order valence-electron chi connectivity index (χ2n) is 12.9. The Morgan fingerprint density at radius 1 is 0.537 bits per heavy atom. The van der Waals surface area contributed by atoms with E-state index in [2.05, 4.69) is 0 Å². The maximum absolute atomic E-state index is 12.9. The topological polar surface area (TPSA) is 234 Å². The summed E-state index contributed by atoms with van der Waals surface area (Å²) in [5, 5.41) is 20.5. The lowest BCUT2D eigenvalue weighted by molar-refractivity contribution is -0.291. The third kappa shape index (κ3) is 7.17. The van der Waals surface area contributed by atoms with Crippen molar-refractivity contribution in [3.05, 3.63) is 112 Å². The molecule has 1 aliphatic carbocycles. The Bertz CT molecular complexity index is 2220. The fourth-order valence-electron chi connectivity index (χ4n) is 5.78. The van der Waals surface area contributed by atoms with Gasteiger partial charge in [-0.1, -0.05) is 35.5 Å². The quantitative estimate of drug-likeness (QED) is 0.178. The molecule has 0 radical (unpaired) electrons. The lowest BCUT2D eigenvalue weighted by atomic mass is 9.87. The Labute approximate surface area is 305 Å². The number of aromatic nitrogens is 4. The van der Waals surface area contributed by atoms with Crippen LogP contribution >= 0.6 is 0 Å².